The van der Waals surface area contributed by atoms with Gasteiger partial charge in [0.1, 0.15) is 5.76 Å². The molecule has 0 saturated heterocycles. The highest BCUT2D eigenvalue weighted by Gasteiger charge is 2.32. The lowest BCUT2D eigenvalue weighted by atomic mass is 9.89. The van der Waals surface area contributed by atoms with E-state index in [1.807, 2.05) is 30.3 Å². The van der Waals surface area contributed by atoms with E-state index in [1.54, 1.807) is 6.08 Å². The minimum atomic E-state index is -0.748. The third kappa shape index (κ3) is 3.11. The summed E-state index contributed by atoms with van der Waals surface area (Å²) >= 11 is 6.39. The minimum Gasteiger partial charge on any atom is -0.440 e. The lowest BCUT2D eigenvalue weighted by molar-refractivity contribution is -0.384. The van der Waals surface area contributed by atoms with Crippen molar-refractivity contribution in [1.82, 2.24) is 9.13 Å². The van der Waals surface area contributed by atoms with Gasteiger partial charge in [-0.25, -0.2) is 4.79 Å². The van der Waals surface area contributed by atoms with Crippen LogP contribution in [-0.4, -0.2) is 14.1 Å². The molecule has 1 aliphatic rings. The van der Waals surface area contributed by atoms with Crippen molar-refractivity contribution in [3.8, 4) is 5.88 Å². The second kappa shape index (κ2) is 7.31. The molecule has 1 aromatic heterocycles. The number of halogens is 1. The third-order valence-electron chi connectivity index (χ3n) is 5.06. The van der Waals surface area contributed by atoms with Crippen molar-refractivity contribution in [3.05, 3.63) is 107 Å². The van der Waals surface area contributed by atoms with E-state index in [9.17, 15) is 19.7 Å². The lowest BCUT2D eigenvalue weighted by Crippen LogP contribution is -2.41. The predicted octanol–water partition coefficient (Wildman–Crippen LogP) is 3.21. The second-order valence-corrected chi connectivity index (χ2v) is 7.27. The largest absolute Gasteiger partial charge is 0.440 e. The monoisotopic (exact) mass is 425 g/mol. The van der Waals surface area contributed by atoms with Gasteiger partial charge < -0.3 is 4.74 Å². The van der Waals surface area contributed by atoms with Crippen LogP contribution in [-0.2, 0) is 14.1 Å². The number of aromatic nitrogens is 2. The highest BCUT2D eigenvalue weighted by atomic mass is 35.5. The number of hydrogen-bond donors (Lipinski definition) is 0. The number of nitro benzene ring substituents is 1. The molecule has 152 valence electrons. The summed E-state index contributed by atoms with van der Waals surface area (Å²) in [5, 5.41) is 11.6. The Morgan fingerprint density at radius 3 is 2.43 bits per heavy atom. The number of non-ortho nitro benzene ring substituents is 1. The molecule has 1 unspecified atom stereocenters. The van der Waals surface area contributed by atoms with Crippen LogP contribution in [0.25, 0.3) is 5.76 Å². The number of rotatable bonds is 3. The summed E-state index contributed by atoms with van der Waals surface area (Å²) in [6.07, 6.45) is 1.69. The number of nitro groups is 1. The lowest BCUT2D eigenvalue weighted by Gasteiger charge is -2.27. The number of fused-ring (bicyclic) bond motifs is 1. The van der Waals surface area contributed by atoms with Crippen molar-refractivity contribution in [1.29, 1.82) is 0 Å². The smallest absolute Gasteiger partial charge is 0.333 e. The molecule has 4 rings (SSSR count). The van der Waals surface area contributed by atoms with E-state index in [2.05, 4.69) is 0 Å². The summed E-state index contributed by atoms with van der Waals surface area (Å²) in [4.78, 5) is 36.3. The maximum absolute atomic E-state index is 13.0. The molecule has 8 nitrogen and oxygen atoms in total. The van der Waals surface area contributed by atoms with Gasteiger partial charge in [0.15, 0.2) is 0 Å². The highest BCUT2D eigenvalue weighted by molar-refractivity contribution is 6.31. The zero-order valence-corrected chi connectivity index (χ0v) is 16.8. The molecule has 0 N–H and O–H groups in total. The Morgan fingerprint density at radius 1 is 1.07 bits per heavy atom. The maximum Gasteiger partial charge on any atom is 0.333 e. The van der Waals surface area contributed by atoms with Gasteiger partial charge in [-0.3, -0.25) is 24.0 Å². The molecule has 3 aromatic rings. The highest BCUT2D eigenvalue weighted by Crippen LogP contribution is 2.41. The molecule has 2 heterocycles. The molecule has 0 saturated carbocycles. The number of nitrogens with zero attached hydrogens (tertiary/aromatic N) is 3. The second-order valence-electron chi connectivity index (χ2n) is 6.86. The molecule has 9 heteroatoms. The summed E-state index contributed by atoms with van der Waals surface area (Å²) < 4.78 is 8.18. The Labute approximate surface area is 175 Å². The number of benzene rings is 2. The van der Waals surface area contributed by atoms with Gasteiger partial charge in [-0.15, -0.1) is 0 Å². The van der Waals surface area contributed by atoms with Gasteiger partial charge >= 0.3 is 5.69 Å². The van der Waals surface area contributed by atoms with E-state index in [0.29, 0.717) is 11.3 Å². The molecule has 0 aliphatic carbocycles. The van der Waals surface area contributed by atoms with Crippen LogP contribution in [0.2, 0.25) is 5.02 Å². The van der Waals surface area contributed by atoms with Crippen LogP contribution in [0, 0.1) is 10.1 Å². The van der Waals surface area contributed by atoms with Gasteiger partial charge in [0, 0.05) is 42.7 Å². The van der Waals surface area contributed by atoms with Crippen LogP contribution >= 0.6 is 11.6 Å². The Kier molecular flexibility index (Phi) is 4.79. The molecule has 30 heavy (non-hydrogen) atoms. The van der Waals surface area contributed by atoms with E-state index < -0.39 is 22.1 Å². The fourth-order valence-electron chi connectivity index (χ4n) is 3.50. The van der Waals surface area contributed by atoms with Crippen LogP contribution < -0.4 is 16.0 Å². The van der Waals surface area contributed by atoms with Gasteiger partial charge in [-0.2, -0.15) is 0 Å². The van der Waals surface area contributed by atoms with Crippen LogP contribution in [0.1, 0.15) is 22.6 Å². The molecule has 0 spiro atoms. The number of hydrogen-bond acceptors (Lipinski definition) is 5. The van der Waals surface area contributed by atoms with Crippen molar-refractivity contribution < 1.29 is 9.66 Å². The molecule has 0 radical (unpaired) electrons. The van der Waals surface area contributed by atoms with Crippen LogP contribution in [0.3, 0.4) is 0 Å². The van der Waals surface area contributed by atoms with E-state index >= 15 is 0 Å². The zero-order valence-electron chi connectivity index (χ0n) is 16.0. The van der Waals surface area contributed by atoms with Crippen LogP contribution in [0.5, 0.6) is 5.88 Å². The summed E-state index contributed by atoms with van der Waals surface area (Å²) in [5.41, 5.74) is 0.0313. The van der Waals surface area contributed by atoms with Crippen LogP contribution in [0.15, 0.2) is 64.2 Å². The SMILES string of the molecule is Cn1c2c(c(=O)n(C)c1=O)C(c1cc([N+](=O)[O-])ccc1Cl)C=C(c1ccccc1)O2. The Hall–Kier alpha value is -3.65. The zero-order chi connectivity index (χ0) is 21.6. The topological polar surface area (TPSA) is 96.4 Å². The first kappa shape index (κ1) is 19.7. The van der Waals surface area contributed by atoms with Gasteiger partial charge in [-0.05, 0) is 17.7 Å². The first-order chi connectivity index (χ1) is 14.3. The Balaban J connectivity index is 2.05. The molecule has 0 bridgehead atoms. The van der Waals surface area contributed by atoms with E-state index in [-0.39, 0.29) is 22.2 Å². The molecule has 1 aliphatic heterocycles. The molecular formula is C21H16ClN3O5. The fraction of sp³-hybridized carbons (Fsp3) is 0.143. The average molecular weight is 426 g/mol. The fourth-order valence-corrected chi connectivity index (χ4v) is 3.73. The summed E-state index contributed by atoms with van der Waals surface area (Å²) in [5.74, 6) is -0.252. The van der Waals surface area contributed by atoms with Crippen molar-refractivity contribution in [3.63, 3.8) is 0 Å². The summed E-state index contributed by atoms with van der Waals surface area (Å²) in [7, 11) is 2.87. The predicted molar refractivity (Wildman–Crippen MR) is 112 cm³/mol. The van der Waals surface area contributed by atoms with E-state index in [1.165, 1.54) is 36.9 Å². The number of ether oxygens (including phenoxy) is 1. The maximum atomic E-state index is 13.0. The molecule has 0 fully saturated rings. The normalized spacial score (nSPS) is 15.2. The minimum absolute atomic E-state index is 0.0806. The Morgan fingerprint density at radius 2 is 1.77 bits per heavy atom. The third-order valence-corrected chi connectivity index (χ3v) is 5.41. The van der Waals surface area contributed by atoms with Gasteiger partial charge in [-0.1, -0.05) is 41.9 Å². The quantitative estimate of drug-likeness (QED) is 0.474. The van der Waals surface area contributed by atoms with Gasteiger partial charge in [0.25, 0.3) is 11.2 Å². The Bertz CT molecular complexity index is 1320. The van der Waals surface area contributed by atoms with E-state index in [0.717, 1.165) is 10.1 Å². The molecule has 2 aromatic carbocycles. The first-order valence-corrected chi connectivity index (χ1v) is 9.36. The van der Waals surface area contributed by atoms with Gasteiger partial charge in [0.05, 0.1) is 10.5 Å². The van der Waals surface area contributed by atoms with Crippen molar-refractivity contribution in [2.24, 2.45) is 14.1 Å². The van der Waals surface area contributed by atoms with Crippen molar-refractivity contribution in [2.75, 3.05) is 0 Å². The molecular weight excluding hydrogens is 410 g/mol. The first-order valence-electron chi connectivity index (χ1n) is 8.98. The van der Waals surface area contributed by atoms with E-state index in [4.69, 9.17) is 16.3 Å². The standard InChI is InChI=1S/C21H16ClN3O5/c1-23-19(26)18-15(14-10-13(25(28)29)8-9-16(14)22)11-17(12-6-4-3-5-7-12)30-20(18)24(2)21(23)27/h3-11,15H,1-2H3. The van der Waals surface area contributed by atoms with Gasteiger partial charge in [0.2, 0.25) is 5.88 Å². The van der Waals surface area contributed by atoms with Crippen molar-refractivity contribution >= 4 is 23.0 Å². The summed E-state index contributed by atoms with van der Waals surface area (Å²) in [6.45, 7) is 0. The van der Waals surface area contributed by atoms with Crippen LogP contribution in [0.4, 0.5) is 5.69 Å². The molecule has 1 atom stereocenters. The summed E-state index contributed by atoms with van der Waals surface area (Å²) in [6, 6.07) is 13.2. The average Bonchev–Trinajstić information content (AvgIpc) is 2.76. The number of allylic oxidation sites excluding steroid dienone is 1. The molecule has 0 amide bonds. The van der Waals surface area contributed by atoms with Crippen molar-refractivity contribution in [2.45, 2.75) is 5.92 Å².